The molecule has 2 heterocycles. The third kappa shape index (κ3) is 3.84. The second-order valence-electron chi connectivity index (χ2n) is 6.58. The summed E-state index contributed by atoms with van der Waals surface area (Å²) >= 11 is 3.41. The second-order valence-corrected chi connectivity index (χ2v) is 7.49. The van der Waals surface area contributed by atoms with Gasteiger partial charge in [0.15, 0.2) is 5.76 Å². The average molecular weight is 440 g/mol. The van der Waals surface area contributed by atoms with Gasteiger partial charge >= 0.3 is 0 Å². The summed E-state index contributed by atoms with van der Waals surface area (Å²) in [6.45, 7) is 0.741. The lowest BCUT2D eigenvalue weighted by Crippen LogP contribution is -2.36. The van der Waals surface area contributed by atoms with Gasteiger partial charge in [0.25, 0.3) is 0 Å². The highest BCUT2D eigenvalue weighted by Gasteiger charge is 2.37. The minimum Gasteiger partial charge on any atom is -0.356 e. The Hall–Kier alpha value is -2.93. The molecule has 2 aromatic carbocycles. The predicted octanol–water partition coefficient (Wildman–Crippen LogP) is 3.77. The van der Waals surface area contributed by atoms with E-state index in [0.717, 1.165) is 15.7 Å². The Morgan fingerprint density at radius 1 is 1.18 bits per heavy atom. The molecule has 28 heavy (non-hydrogen) atoms. The van der Waals surface area contributed by atoms with Crippen LogP contribution < -0.4 is 10.2 Å². The van der Waals surface area contributed by atoms with Gasteiger partial charge in [-0.25, -0.2) is 0 Å². The first-order valence-corrected chi connectivity index (χ1v) is 9.77. The van der Waals surface area contributed by atoms with E-state index in [9.17, 15) is 9.59 Å². The van der Waals surface area contributed by atoms with Crippen molar-refractivity contribution in [1.82, 2.24) is 10.5 Å². The van der Waals surface area contributed by atoms with Crippen LogP contribution >= 0.6 is 15.9 Å². The van der Waals surface area contributed by atoms with Crippen LogP contribution in [0.15, 0.2) is 69.7 Å². The van der Waals surface area contributed by atoms with Crippen LogP contribution in [0.25, 0.3) is 11.3 Å². The Labute approximate surface area is 170 Å². The van der Waals surface area contributed by atoms with Crippen molar-refractivity contribution >= 4 is 33.4 Å². The topological polar surface area (TPSA) is 75.4 Å². The Morgan fingerprint density at radius 3 is 2.79 bits per heavy atom. The number of rotatable bonds is 5. The zero-order valence-electron chi connectivity index (χ0n) is 15.0. The molecule has 3 aromatic rings. The third-order valence-corrected chi connectivity index (χ3v) is 5.20. The maximum absolute atomic E-state index is 12.7. The molecule has 1 saturated heterocycles. The molecule has 2 amide bonds. The normalized spacial score (nSPS) is 16.4. The molecule has 6 nitrogen and oxygen atoms in total. The van der Waals surface area contributed by atoms with Gasteiger partial charge in [-0.2, -0.15) is 0 Å². The van der Waals surface area contributed by atoms with Crippen molar-refractivity contribution in [2.45, 2.75) is 13.0 Å². The summed E-state index contributed by atoms with van der Waals surface area (Å²) in [7, 11) is 0. The summed E-state index contributed by atoms with van der Waals surface area (Å²) in [4.78, 5) is 26.8. The standard InChI is InChI=1S/C21H18BrN3O3/c22-15-7-4-8-17(11-15)25-10-9-18(21(25)27)20(26)23-13-16-12-19(28-24-16)14-5-2-1-3-6-14/h1-8,11-12,18H,9-10,13H2,(H,23,26)/t18-/m0/s1. The number of anilines is 1. The smallest absolute Gasteiger partial charge is 0.239 e. The van der Waals surface area contributed by atoms with E-state index in [0.29, 0.717) is 24.4 Å². The van der Waals surface area contributed by atoms with E-state index < -0.39 is 5.92 Å². The molecule has 7 heteroatoms. The highest BCUT2D eigenvalue weighted by Crippen LogP contribution is 2.27. The zero-order chi connectivity index (χ0) is 19.5. The maximum atomic E-state index is 12.7. The second kappa shape index (κ2) is 7.98. The minimum absolute atomic E-state index is 0.180. The molecule has 1 aromatic heterocycles. The lowest BCUT2D eigenvalue weighted by atomic mass is 10.1. The van der Waals surface area contributed by atoms with E-state index in [-0.39, 0.29) is 18.4 Å². The van der Waals surface area contributed by atoms with E-state index >= 15 is 0 Å². The van der Waals surface area contributed by atoms with Crippen molar-refractivity contribution in [2.75, 3.05) is 11.4 Å². The summed E-state index contributed by atoms with van der Waals surface area (Å²) in [5.41, 5.74) is 2.32. The molecular formula is C21H18BrN3O3. The molecule has 1 aliphatic heterocycles. The molecule has 1 fully saturated rings. The largest absolute Gasteiger partial charge is 0.356 e. The predicted molar refractivity (Wildman–Crippen MR) is 108 cm³/mol. The van der Waals surface area contributed by atoms with Crippen LogP contribution in [-0.4, -0.2) is 23.5 Å². The van der Waals surface area contributed by atoms with Crippen LogP contribution in [0.2, 0.25) is 0 Å². The summed E-state index contributed by atoms with van der Waals surface area (Å²) in [5, 5.41) is 6.79. The lowest BCUT2D eigenvalue weighted by molar-refractivity contribution is -0.132. The van der Waals surface area contributed by atoms with Crippen molar-refractivity contribution in [3.05, 3.63) is 70.8 Å². The van der Waals surface area contributed by atoms with Crippen molar-refractivity contribution in [3.8, 4) is 11.3 Å². The molecule has 0 bridgehead atoms. The number of carbonyl (C=O) groups excluding carboxylic acids is 2. The number of amides is 2. The molecule has 1 atom stereocenters. The van der Waals surface area contributed by atoms with E-state index in [1.807, 2.05) is 54.6 Å². The molecule has 0 spiro atoms. The first-order chi connectivity index (χ1) is 13.6. The number of carbonyl (C=O) groups is 2. The Bertz CT molecular complexity index is 1000. The molecule has 142 valence electrons. The molecule has 0 aliphatic carbocycles. The molecule has 0 unspecified atom stereocenters. The fraction of sp³-hybridized carbons (Fsp3) is 0.190. The average Bonchev–Trinajstić information content (AvgIpc) is 3.34. The third-order valence-electron chi connectivity index (χ3n) is 4.70. The Kier molecular flexibility index (Phi) is 5.25. The number of hydrogen-bond acceptors (Lipinski definition) is 4. The summed E-state index contributed by atoms with van der Waals surface area (Å²) in [5.74, 6) is -0.505. The number of nitrogens with one attached hydrogen (secondary N) is 1. The SMILES string of the molecule is O=C(NCc1cc(-c2ccccc2)on1)[C@@H]1CCN(c2cccc(Br)c2)C1=O. The number of benzene rings is 2. The first kappa shape index (κ1) is 18.4. The summed E-state index contributed by atoms with van der Waals surface area (Å²) in [6, 6.07) is 18.9. The van der Waals surface area contributed by atoms with Gasteiger partial charge in [-0.15, -0.1) is 0 Å². The van der Waals surface area contributed by atoms with Gasteiger partial charge in [0, 0.05) is 28.3 Å². The first-order valence-electron chi connectivity index (χ1n) is 8.97. The quantitative estimate of drug-likeness (QED) is 0.613. The van der Waals surface area contributed by atoms with Crippen molar-refractivity contribution in [2.24, 2.45) is 5.92 Å². The monoisotopic (exact) mass is 439 g/mol. The fourth-order valence-electron chi connectivity index (χ4n) is 3.26. The van der Waals surface area contributed by atoms with Gasteiger partial charge in [0.1, 0.15) is 11.6 Å². The molecule has 0 saturated carbocycles. The Balaban J connectivity index is 1.37. The molecule has 1 N–H and O–H groups in total. The van der Waals surface area contributed by atoms with Crippen LogP contribution in [0, 0.1) is 5.92 Å². The number of aromatic nitrogens is 1. The van der Waals surface area contributed by atoms with Gasteiger partial charge in [-0.1, -0.05) is 57.5 Å². The van der Waals surface area contributed by atoms with Crippen molar-refractivity contribution in [1.29, 1.82) is 0 Å². The van der Waals surface area contributed by atoms with Gasteiger partial charge in [0.05, 0.1) is 6.54 Å². The highest BCUT2D eigenvalue weighted by molar-refractivity contribution is 9.10. The molecule has 0 radical (unpaired) electrons. The lowest BCUT2D eigenvalue weighted by Gasteiger charge is -2.17. The van der Waals surface area contributed by atoms with E-state index in [1.54, 1.807) is 11.0 Å². The van der Waals surface area contributed by atoms with Crippen LogP contribution in [-0.2, 0) is 16.1 Å². The van der Waals surface area contributed by atoms with Crippen molar-refractivity contribution in [3.63, 3.8) is 0 Å². The van der Waals surface area contributed by atoms with Gasteiger partial charge in [0.2, 0.25) is 11.8 Å². The summed E-state index contributed by atoms with van der Waals surface area (Å²) < 4.78 is 6.23. The number of halogens is 1. The van der Waals surface area contributed by atoms with E-state index in [4.69, 9.17) is 4.52 Å². The van der Waals surface area contributed by atoms with Gasteiger partial charge in [-0.3, -0.25) is 9.59 Å². The maximum Gasteiger partial charge on any atom is 0.239 e. The van der Waals surface area contributed by atoms with Crippen LogP contribution in [0.5, 0.6) is 0 Å². The Morgan fingerprint density at radius 2 is 2.00 bits per heavy atom. The molecule has 1 aliphatic rings. The number of hydrogen-bond donors (Lipinski definition) is 1. The van der Waals surface area contributed by atoms with Crippen LogP contribution in [0.4, 0.5) is 5.69 Å². The van der Waals surface area contributed by atoms with Crippen LogP contribution in [0.3, 0.4) is 0 Å². The fourth-order valence-corrected chi connectivity index (χ4v) is 3.65. The van der Waals surface area contributed by atoms with Gasteiger partial charge < -0.3 is 14.7 Å². The van der Waals surface area contributed by atoms with Gasteiger partial charge in [-0.05, 0) is 24.6 Å². The van der Waals surface area contributed by atoms with Crippen LogP contribution in [0.1, 0.15) is 12.1 Å². The molecule has 4 rings (SSSR count). The van der Waals surface area contributed by atoms with E-state index in [2.05, 4.69) is 26.4 Å². The van der Waals surface area contributed by atoms with E-state index in [1.165, 1.54) is 0 Å². The zero-order valence-corrected chi connectivity index (χ0v) is 16.6. The molecular weight excluding hydrogens is 422 g/mol. The number of nitrogens with zero attached hydrogens (tertiary/aromatic N) is 2. The van der Waals surface area contributed by atoms with Crippen molar-refractivity contribution < 1.29 is 14.1 Å². The summed E-state index contributed by atoms with van der Waals surface area (Å²) in [6.07, 6.45) is 0.491. The highest BCUT2D eigenvalue weighted by atomic mass is 79.9. The minimum atomic E-state index is -0.681.